The SMILES string of the molecule is CC(C)c1cc(C(=O)N2CCCC3(CCN(C)CC3)CC2)nc2ncnn12. The zero-order valence-electron chi connectivity index (χ0n) is 16.7. The number of carbonyl (C=O) groups is 1. The van der Waals surface area contributed by atoms with E-state index >= 15 is 0 Å². The highest BCUT2D eigenvalue weighted by Gasteiger charge is 2.36. The Balaban J connectivity index is 1.54. The van der Waals surface area contributed by atoms with Gasteiger partial charge in [-0.25, -0.2) is 9.50 Å². The summed E-state index contributed by atoms with van der Waals surface area (Å²) >= 11 is 0. The lowest BCUT2D eigenvalue weighted by molar-refractivity contribution is 0.0728. The zero-order chi connectivity index (χ0) is 19.0. The van der Waals surface area contributed by atoms with E-state index in [-0.39, 0.29) is 11.8 Å². The Kier molecular flexibility index (Phi) is 4.88. The maximum Gasteiger partial charge on any atom is 0.272 e. The number of carbonyl (C=O) groups excluding carboxylic acids is 1. The average molecular weight is 371 g/mol. The Morgan fingerprint density at radius 2 is 1.85 bits per heavy atom. The number of fused-ring (bicyclic) bond motifs is 1. The molecule has 1 amide bonds. The first-order valence-electron chi connectivity index (χ1n) is 10.2. The number of likely N-dealkylation sites (tertiary alicyclic amines) is 2. The molecule has 0 bridgehead atoms. The van der Waals surface area contributed by atoms with Crippen molar-refractivity contribution in [2.24, 2.45) is 5.41 Å². The summed E-state index contributed by atoms with van der Waals surface area (Å²) in [6, 6.07) is 1.89. The molecular formula is C20H30N6O. The van der Waals surface area contributed by atoms with E-state index in [1.165, 1.54) is 38.7 Å². The van der Waals surface area contributed by atoms with E-state index in [0.29, 0.717) is 16.9 Å². The predicted molar refractivity (Wildman–Crippen MR) is 104 cm³/mol. The van der Waals surface area contributed by atoms with Crippen molar-refractivity contribution < 1.29 is 4.79 Å². The molecule has 0 N–H and O–H groups in total. The van der Waals surface area contributed by atoms with E-state index < -0.39 is 0 Å². The lowest BCUT2D eigenvalue weighted by Crippen LogP contribution is -2.39. The minimum atomic E-state index is 0.0346. The van der Waals surface area contributed by atoms with E-state index in [0.717, 1.165) is 31.6 Å². The number of hydrogen-bond acceptors (Lipinski definition) is 5. The van der Waals surface area contributed by atoms with Crippen molar-refractivity contribution in [3.05, 3.63) is 23.8 Å². The van der Waals surface area contributed by atoms with Crippen molar-refractivity contribution >= 4 is 11.7 Å². The molecule has 7 heteroatoms. The Labute approximate surface area is 160 Å². The summed E-state index contributed by atoms with van der Waals surface area (Å²) in [5.74, 6) is 0.786. The fourth-order valence-corrected chi connectivity index (χ4v) is 4.57. The highest BCUT2D eigenvalue weighted by atomic mass is 16.2. The van der Waals surface area contributed by atoms with Crippen LogP contribution in [0.4, 0.5) is 0 Å². The summed E-state index contributed by atoms with van der Waals surface area (Å²) in [5.41, 5.74) is 1.90. The number of nitrogens with zero attached hydrogens (tertiary/aromatic N) is 6. The molecule has 146 valence electrons. The van der Waals surface area contributed by atoms with Gasteiger partial charge in [0.05, 0.1) is 5.69 Å². The first kappa shape index (κ1) is 18.3. The van der Waals surface area contributed by atoms with Gasteiger partial charge in [0.15, 0.2) is 0 Å². The monoisotopic (exact) mass is 370 g/mol. The number of amides is 1. The van der Waals surface area contributed by atoms with Gasteiger partial charge in [-0.05, 0) is 69.6 Å². The fourth-order valence-electron chi connectivity index (χ4n) is 4.57. The van der Waals surface area contributed by atoms with Crippen LogP contribution in [0.15, 0.2) is 12.4 Å². The quantitative estimate of drug-likeness (QED) is 0.813. The van der Waals surface area contributed by atoms with Crippen LogP contribution in [-0.2, 0) is 0 Å². The van der Waals surface area contributed by atoms with E-state index in [4.69, 9.17) is 0 Å². The van der Waals surface area contributed by atoms with E-state index in [1.807, 2.05) is 11.0 Å². The lowest BCUT2D eigenvalue weighted by Gasteiger charge is -2.40. The van der Waals surface area contributed by atoms with Crippen LogP contribution in [0.1, 0.15) is 68.1 Å². The van der Waals surface area contributed by atoms with Gasteiger partial charge >= 0.3 is 0 Å². The van der Waals surface area contributed by atoms with Gasteiger partial charge in [0.2, 0.25) is 0 Å². The van der Waals surface area contributed by atoms with E-state index in [2.05, 4.69) is 40.9 Å². The van der Waals surface area contributed by atoms with Crippen molar-refractivity contribution in [2.75, 3.05) is 33.2 Å². The second kappa shape index (κ2) is 7.19. The van der Waals surface area contributed by atoms with Crippen molar-refractivity contribution in [3.63, 3.8) is 0 Å². The largest absolute Gasteiger partial charge is 0.337 e. The minimum Gasteiger partial charge on any atom is -0.337 e. The van der Waals surface area contributed by atoms with Gasteiger partial charge in [0, 0.05) is 13.1 Å². The molecule has 2 fully saturated rings. The molecule has 27 heavy (non-hydrogen) atoms. The smallest absolute Gasteiger partial charge is 0.272 e. The van der Waals surface area contributed by atoms with Crippen molar-refractivity contribution in [2.45, 2.75) is 51.9 Å². The van der Waals surface area contributed by atoms with Gasteiger partial charge in [0.25, 0.3) is 11.7 Å². The van der Waals surface area contributed by atoms with Gasteiger partial charge in [-0.3, -0.25) is 4.79 Å². The molecule has 2 aliphatic rings. The molecule has 2 aromatic rings. The summed E-state index contributed by atoms with van der Waals surface area (Å²) in [7, 11) is 2.21. The van der Waals surface area contributed by atoms with Gasteiger partial charge < -0.3 is 9.80 Å². The predicted octanol–water partition coefficient (Wildman–Crippen LogP) is 2.59. The third-order valence-corrected chi connectivity index (χ3v) is 6.47. The van der Waals surface area contributed by atoms with Crippen LogP contribution in [0, 0.1) is 5.41 Å². The van der Waals surface area contributed by atoms with Crippen LogP contribution < -0.4 is 0 Å². The number of piperidine rings is 1. The number of hydrogen-bond donors (Lipinski definition) is 0. The second-order valence-electron chi connectivity index (χ2n) is 8.64. The van der Waals surface area contributed by atoms with Crippen LogP contribution in [0.5, 0.6) is 0 Å². The molecule has 4 heterocycles. The second-order valence-corrected chi connectivity index (χ2v) is 8.64. The average Bonchev–Trinajstić information content (AvgIpc) is 3.04. The summed E-state index contributed by atoms with van der Waals surface area (Å²) in [6.07, 6.45) is 7.44. The summed E-state index contributed by atoms with van der Waals surface area (Å²) in [6.45, 7) is 8.21. The molecule has 0 aromatic carbocycles. The highest BCUT2D eigenvalue weighted by Crippen LogP contribution is 2.41. The standard InChI is InChI=1S/C20H30N6O/c1-15(2)17-13-16(23-19-21-14-22-26(17)19)18(27)25-9-4-5-20(8-12-25)6-10-24(3)11-7-20/h13-15H,4-12H2,1-3H3. The van der Waals surface area contributed by atoms with Crippen molar-refractivity contribution in [1.82, 2.24) is 29.4 Å². The maximum absolute atomic E-state index is 13.2. The Morgan fingerprint density at radius 1 is 1.11 bits per heavy atom. The van der Waals surface area contributed by atoms with E-state index in [9.17, 15) is 4.79 Å². The first-order chi connectivity index (χ1) is 13.0. The summed E-state index contributed by atoms with van der Waals surface area (Å²) in [4.78, 5) is 26.3. The van der Waals surface area contributed by atoms with Crippen LogP contribution in [0.3, 0.4) is 0 Å². The zero-order valence-corrected chi connectivity index (χ0v) is 16.7. The van der Waals surface area contributed by atoms with Gasteiger partial charge in [0.1, 0.15) is 12.0 Å². The summed E-state index contributed by atoms with van der Waals surface area (Å²) in [5, 5.41) is 4.25. The Morgan fingerprint density at radius 3 is 2.59 bits per heavy atom. The van der Waals surface area contributed by atoms with Gasteiger partial charge in [-0.15, -0.1) is 0 Å². The number of aromatic nitrogens is 4. The molecule has 0 radical (unpaired) electrons. The Hall–Kier alpha value is -2.02. The molecule has 7 nitrogen and oxygen atoms in total. The van der Waals surface area contributed by atoms with E-state index in [1.54, 1.807) is 4.52 Å². The number of rotatable bonds is 2. The van der Waals surface area contributed by atoms with Crippen LogP contribution in [0.2, 0.25) is 0 Å². The van der Waals surface area contributed by atoms with Crippen LogP contribution in [0.25, 0.3) is 5.78 Å². The third-order valence-electron chi connectivity index (χ3n) is 6.47. The molecular weight excluding hydrogens is 340 g/mol. The van der Waals surface area contributed by atoms with Crippen molar-refractivity contribution in [3.8, 4) is 0 Å². The molecule has 2 aromatic heterocycles. The molecule has 0 atom stereocenters. The van der Waals surface area contributed by atoms with Crippen molar-refractivity contribution in [1.29, 1.82) is 0 Å². The molecule has 2 saturated heterocycles. The lowest BCUT2D eigenvalue weighted by atomic mass is 9.73. The van der Waals surface area contributed by atoms with Gasteiger partial charge in [-0.2, -0.15) is 10.1 Å². The fraction of sp³-hybridized carbons (Fsp3) is 0.700. The molecule has 0 unspecified atom stereocenters. The highest BCUT2D eigenvalue weighted by molar-refractivity contribution is 5.92. The molecule has 0 aliphatic carbocycles. The molecule has 0 saturated carbocycles. The third kappa shape index (κ3) is 3.57. The van der Waals surface area contributed by atoms with Crippen LogP contribution >= 0.6 is 0 Å². The Bertz CT molecular complexity index is 821. The normalized spacial score (nSPS) is 21.1. The van der Waals surface area contributed by atoms with Gasteiger partial charge in [-0.1, -0.05) is 13.8 Å². The minimum absolute atomic E-state index is 0.0346. The first-order valence-corrected chi connectivity index (χ1v) is 10.2. The molecule has 2 aliphatic heterocycles. The maximum atomic E-state index is 13.2. The van der Waals surface area contributed by atoms with Crippen LogP contribution in [-0.4, -0.2) is 68.5 Å². The topological polar surface area (TPSA) is 66.6 Å². The molecule has 1 spiro atoms. The molecule has 4 rings (SSSR count). The summed E-state index contributed by atoms with van der Waals surface area (Å²) < 4.78 is 1.73.